The summed E-state index contributed by atoms with van der Waals surface area (Å²) in [6.45, 7) is 5.36. The lowest BCUT2D eigenvalue weighted by Gasteiger charge is -2.18. The third-order valence-electron chi connectivity index (χ3n) is 4.54. The van der Waals surface area contributed by atoms with Crippen molar-refractivity contribution < 1.29 is 23.4 Å². The predicted octanol–water partition coefficient (Wildman–Crippen LogP) is 4.50. The van der Waals surface area contributed by atoms with Crippen molar-refractivity contribution in [2.45, 2.75) is 20.5 Å². The summed E-state index contributed by atoms with van der Waals surface area (Å²) >= 11 is 0. The summed E-state index contributed by atoms with van der Waals surface area (Å²) in [4.78, 5) is 12.4. The van der Waals surface area contributed by atoms with Crippen molar-refractivity contribution >= 4 is 11.6 Å². The molecule has 28 heavy (non-hydrogen) atoms. The molecule has 0 saturated carbocycles. The molecule has 0 unspecified atom stereocenters. The molecule has 1 aliphatic heterocycles. The number of rotatable bonds is 5. The van der Waals surface area contributed by atoms with Gasteiger partial charge in [0.2, 0.25) is 0 Å². The predicted molar refractivity (Wildman–Crippen MR) is 104 cm³/mol. The zero-order chi connectivity index (χ0) is 19.5. The fourth-order valence-corrected chi connectivity index (χ4v) is 2.85. The molecule has 1 amide bonds. The van der Waals surface area contributed by atoms with Crippen LogP contribution < -0.4 is 19.5 Å². The van der Waals surface area contributed by atoms with E-state index < -0.39 is 0 Å². The summed E-state index contributed by atoms with van der Waals surface area (Å²) < 4.78 is 22.4. The Morgan fingerprint density at radius 1 is 0.964 bits per heavy atom. The second kappa shape index (κ2) is 7.68. The molecule has 0 radical (unpaired) electrons. The lowest BCUT2D eigenvalue weighted by Crippen LogP contribution is -2.16. The molecule has 3 aromatic rings. The minimum Gasteiger partial charge on any atom is -0.486 e. The molecule has 6 nitrogen and oxygen atoms in total. The number of furan rings is 1. The molecule has 1 aromatic heterocycles. The van der Waals surface area contributed by atoms with Gasteiger partial charge in [0.15, 0.2) is 17.3 Å². The van der Waals surface area contributed by atoms with Gasteiger partial charge >= 0.3 is 0 Å². The molecule has 6 heteroatoms. The van der Waals surface area contributed by atoms with Crippen LogP contribution in [0.4, 0.5) is 5.69 Å². The van der Waals surface area contributed by atoms with Gasteiger partial charge in [0.05, 0.1) is 0 Å². The number of anilines is 1. The Morgan fingerprint density at radius 3 is 2.61 bits per heavy atom. The van der Waals surface area contributed by atoms with E-state index >= 15 is 0 Å². The standard InChI is InChI=1S/C22H21NO5/c1-14-3-5-17(11-15(14)2)27-13-18-6-8-20(28-18)22(24)23-16-4-7-19-21(12-16)26-10-9-25-19/h3-8,11-12H,9-10,13H2,1-2H3,(H,23,24). The van der Waals surface area contributed by atoms with Crippen molar-refractivity contribution in [1.82, 2.24) is 0 Å². The lowest BCUT2D eigenvalue weighted by molar-refractivity contribution is 0.0992. The van der Waals surface area contributed by atoms with E-state index in [1.165, 1.54) is 5.56 Å². The van der Waals surface area contributed by atoms with Crippen LogP contribution in [0.5, 0.6) is 17.2 Å². The van der Waals surface area contributed by atoms with Gasteiger partial charge in [0, 0.05) is 11.8 Å². The quantitative estimate of drug-likeness (QED) is 0.707. The third-order valence-corrected chi connectivity index (χ3v) is 4.54. The second-order valence-corrected chi connectivity index (χ2v) is 6.61. The summed E-state index contributed by atoms with van der Waals surface area (Å²) in [5, 5.41) is 2.80. The van der Waals surface area contributed by atoms with Crippen molar-refractivity contribution in [3.63, 3.8) is 0 Å². The molecule has 1 N–H and O–H groups in total. The zero-order valence-electron chi connectivity index (χ0n) is 15.8. The number of carbonyl (C=O) groups excluding carboxylic acids is 1. The van der Waals surface area contributed by atoms with Gasteiger partial charge in [-0.05, 0) is 61.4 Å². The molecule has 0 aliphatic carbocycles. The highest BCUT2D eigenvalue weighted by molar-refractivity contribution is 6.02. The molecule has 0 saturated heterocycles. The van der Waals surface area contributed by atoms with E-state index in [9.17, 15) is 4.79 Å². The summed E-state index contributed by atoms with van der Waals surface area (Å²) in [6, 6.07) is 14.5. The Kier molecular flexibility index (Phi) is 4.93. The van der Waals surface area contributed by atoms with Crippen LogP contribution in [0.1, 0.15) is 27.4 Å². The van der Waals surface area contributed by atoms with Gasteiger partial charge in [-0.3, -0.25) is 4.79 Å². The molecule has 0 bridgehead atoms. The molecule has 0 atom stereocenters. The highest BCUT2D eigenvalue weighted by Crippen LogP contribution is 2.32. The number of fused-ring (bicyclic) bond motifs is 1. The van der Waals surface area contributed by atoms with Gasteiger partial charge in [0.25, 0.3) is 5.91 Å². The number of amides is 1. The topological polar surface area (TPSA) is 69.9 Å². The van der Waals surface area contributed by atoms with Gasteiger partial charge < -0.3 is 23.9 Å². The Hall–Kier alpha value is -3.41. The lowest BCUT2D eigenvalue weighted by atomic mass is 10.1. The van der Waals surface area contributed by atoms with E-state index in [1.54, 1.807) is 30.3 Å². The van der Waals surface area contributed by atoms with Crippen LogP contribution in [0.15, 0.2) is 52.9 Å². The maximum absolute atomic E-state index is 12.4. The Morgan fingerprint density at radius 2 is 1.79 bits per heavy atom. The van der Waals surface area contributed by atoms with Gasteiger partial charge in [0.1, 0.15) is 31.3 Å². The first-order valence-corrected chi connectivity index (χ1v) is 9.08. The summed E-state index contributed by atoms with van der Waals surface area (Å²) in [6.07, 6.45) is 0. The first-order chi connectivity index (χ1) is 13.6. The van der Waals surface area contributed by atoms with Crippen LogP contribution in [0.3, 0.4) is 0 Å². The second-order valence-electron chi connectivity index (χ2n) is 6.61. The maximum atomic E-state index is 12.4. The molecular weight excluding hydrogens is 358 g/mol. The minimum atomic E-state index is -0.339. The number of hydrogen-bond acceptors (Lipinski definition) is 5. The molecule has 0 spiro atoms. The number of benzene rings is 2. The van der Waals surface area contributed by atoms with Crippen LogP contribution in [0.25, 0.3) is 0 Å². The molecule has 1 aliphatic rings. The zero-order valence-corrected chi connectivity index (χ0v) is 15.8. The summed E-state index contributed by atoms with van der Waals surface area (Å²) in [5.41, 5.74) is 2.98. The highest BCUT2D eigenvalue weighted by Gasteiger charge is 2.15. The van der Waals surface area contributed by atoms with E-state index in [0.29, 0.717) is 36.2 Å². The number of aryl methyl sites for hydroxylation is 2. The van der Waals surface area contributed by atoms with Crippen LogP contribution in [-0.2, 0) is 6.61 Å². The third kappa shape index (κ3) is 3.96. The summed E-state index contributed by atoms with van der Waals surface area (Å²) in [5.74, 6) is 2.51. The van der Waals surface area contributed by atoms with Gasteiger partial charge in [-0.1, -0.05) is 6.07 Å². The summed E-state index contributed by atoms with van der Waals surface area (Å²) in [7, 11) is 0. The van der Waals surface area contributed by atoms with Crippen molar-refractivity contribution in [3.8, 4) is 17.2 Å². The Balaban J connectivity index is 1.38. The normalized spacial score (nSPS) is 12.5. The van der Waals surface area contributed by atoms with Crippen molar-refractivity contribution in [1.29, 1.82) is 0 Å². The van der Waals surface area contributed by atoms with Crippen molar-refractivity contribution in [2.24, 2.45) is 0 Å². The largest absolute Gasteiger partial charge is 0.486 e. The number of nitrogens with one attached hydrogen (secondary N) is 1. The van der Waals surface area contributed by atoms with E-state index in [-0.39, 0.29) is 18.3 Å². The van der Waals surface area contributed by atoms with Gasteiger partial charge in [-0.15, -0.1) is 0 Å². The molecule has 4 rings (SSSR count). The smallest absolute Gasteiger partial charge is 0.291 e. The average molecular weight is 379 g/mol. The number of carbonyl (C=O) groups is 1. The minimum absolute atomic E-state index is 0.216. The fraction of sp³-hybridized carbons (Fsp3) is 0.227. The maximum Gasteiger partial charge on any atom is 0.291 e. The van der Waals surface area contributed by atoms with E-state index in [0.717, 1.165) is 11.3 Å². The van der Waals surface area contributed by atoms with Gasteiger partial charge in [-0.2, -0.15) is 0 Å². The molecule has 144 valence electrons. The van der Waals surface area contributed by atoms with Crippen LogP contribution in [0, 0.1) is 13.8 Å². The molecule has 0 fully saturated rings. The Labute approximate surface area is 163 Å². The first-order valence-electron chi connectivity index (χ1n) is 9.08. The van der Waals surface area contributed by atoms with E-state index in [4.69, 9.17) is 18.6 Å². The van der Waals surface area contributed by atoms with Crippen LogP contribution in [-0.4, -0.2) is 19.1 Å². The van der Waals surface area contributed by atoms with Gasteiger partial charge in [-0.25, -0.2) is 0 Å². The molecule has 2 aromatic carbocycles. The van der Waals surface area contributed by atoms with Crippen LogP contribution >= 0.6 is 0 Å². The SMILES string of the molecule is Cc1ccc(OCc2ccc(C(=O)Nc3ccc4c(c3)OCCO4)o2)cc1C. The number of ether oxygens (including phenoxy) is 3. The van der Waals surface area contributed by atoms with Crippen LogP contribution in [0.2, 0.25) is 0 Å². The first kappa shape index (κ1) is 18.0. The van der Waals surface area contributed by atoms with Crippen molar-refractivity contribution in [3.05, 3.63) is 71.2 Å². The van der Waals surface area contributed by atoms with Crippen molar-refractivity contribution in [2.75, 3.05) is 18.5 Å². The average Bonchev–Trinajstić information content (AvgIpc) is 3.18. The van der Waals surface area contributed by atoms with E-state index in [2.05, 4.69) is 12.2 Å². The monoisotopic (exact) mass is 379 g/mol. The highest BCUT2D eigenvalue weighted by atomic mass is 16.6. The Bertz CT molecular complexity index is 1010. The molecular formula is C22H21NO5. The van der Waals surface area contributed by atoms with E-state index in [1.807, 2.05) is 25.1 Å². The number of hydrogen-bond donors (Lipinski definition) is 1. The fourth-order valence-electron chi connectivity index (χ4n) is 2.85. The molecule has 2 heterocycles.